The molecule has 0 spiro atoms. The van der Waals surface area contributed by atoms with E-state index in [0.29, 0.717) is 23.8 Å². The lowest BCUT2D eigenvalue weighted by molar-refractivity contribution is -0.122. The maximum absolute atomic E-state index is 12.3. The molecule has 0 fully saturated rings. The zero-order valence-electron chi connectivity index (χ0n) is 14.4. The van der Waals surface area contributed by atoms with Crippen molar-refractivity contribution in [1.29, 1.82) is 0 Å². The summed E-state index contributed by atoms with van der Waals surface area (Å²) in [5.41, 5.74) is 2.20. The van der Waals surface area contributed by atoms with E-state index in [0.717, 1.165) is 16.9 Å². The van der Waals surface area contributed by atoms with E-state index in [2.05, 4.69) is 19.2 Å². The summed E-state index contributed by atoms with van der Waals surface area (Å²) in [6.45, 7) is 4.21. The van der Waals surface area contributed by atoms with Gasteiger partial charge in [0.1, 0.15) is 5.75 Å². The van der Waals surface area contributed by atoms with Crippen LogP contribution in [0, 0.1) is 5.92 Å². The van der Waals surface area contributed by atoms with Crippen molar-refractivity contribution in [1.82, 2.24) is 5.32 Å². The first-order valence-corrected chi connectivity index (χ1v) is 8.55. The van der Waals surface area contributed by atoms with Crippen molar-refractivity contribution in [2.24, 2.45) is 5.92 Å². The van der Waals surface area contributed by atoms with Crippen molar-refractivity contribution in [2.75, 3.05) is 7.11 Å². The molecule has 0 saturated carbocycles. The van der Waals surface area contributed by atoms with Gasteiger partial charge in [-0.1, -0.05) is 49.7 Å². The van der Waals surface area contributed by atoms with E-state index in [9.17, 15) is 4.79 Å². The number of nitrogens with one attached hydrogen (secondary N) is 1. The zero-order chi connectivity index (χ0) is 17.5. The Morgan fingerprint density at radius 3 is 2.25 bits per heavy atom. The molecule has 1 amide bonds. The topological polar surface area (TPSA) is 38.3 Å². The average Bonchev–Trinajstić information content (AvgIpc) is 2.59. The lowest BCUT2D eigenvalue weighted by Gasteiger charge is -2.23. The quantitative estimate of drug-likeness (QED) is 0.783. The standard InChI is InChI=1S/C20H24ClNO2/c1-14(2)20(16-7-11-18(24-3)12-8-16)22-19(23)13-6-15-4-9-17(21)10-5-15/h4-5,7-12,14,20H,6,13H2,1-3H3,(H,22,23). The summed E-state index contributed by atoms with van der Waals surface area (Å²) in [4.78, 5) is 12.3. The molecule has 2 rings (SSSR count). The first-order chi connectivity index (χ1) is 11.5. The molecule has 2 aromatic rings. The van der Waals surface area contributed by atoms with Crippen molar-refractivity contribution in [2.45, 2.75) is 32.7 Å². The van der Waals surface area contributed by atoms with Gasteiger partial charge in [-0.3, -0.25) is 4.79 Å². The number of rotatable bonds is 7. The third kappa shape index (κ3) is 5.27. The molecule has 0 radical (unpaired) electrons. The summed E-state index contributed by atoms with van der Waals surface area (Å²) in [5, 5.41) is 3.86. The Hall–Kier alpha value is -2.00. The minimum atomic E-state index is -0.00590. The molecule has 1 unspecified atom stereocenters. The van der Waals surface area contributed by atoms with Gasteiger partial charge < -0.3 is 10.1 Å². The van der Waals surface area contributed by atoms with Crippen LogP contribution in [0.4, 0.5) is 0 Å². The number of halogens is 1. The highest BCUT2D eigenvalue weighted by molar-refractivity contribution is 6.30. The van der Waals surface area contributed by atoms with Crippen molar-refractivity contribution in [3.05, 3.63) is 64.7 Å². The normalized spacial score (nSPS) is 12.0. The third-order valence-electron chi connectivity index (χ3n) is 4.01. The van der Waals surface area contributed by atoms with Crippen LogP contribution in [-0.2, 0) is 11.2 Å². The molecule has 0 aliphatic rings. The minimum absolute atomic E-state index is 0.00590. The van der Waals surface area contributed by atoms with Gasteiger partial charge in [-0.05, 0) is 47.7 Å². The number of carbonyl (C=O) groups excluding carboxylic acids is 1. The van der Waals surface area contributed by atoms with Gasteiger partial charge in [0.15, 0.2) is 0 Å². The van der Waals surface area contributed by atoms with Gasteiger partial charge in [-0.2, -0.15) is 0 Å². The highest BCUT2D eigenvalue weighted by Gasteiger charge is 2.18. The summed E-state index contributed by atoms with van der Waals surface area (Å²) in [6.07, 6.45) is 1.16. The minimum Gasteiger partial charge on any atom is -0.497 e. The molecule has 1 N–H and O–H groups in total. The van der Waals surface area contributed by atoms with E-state index >= 15 is 0 Å². The van der Waals surface area contributed by atoms with Crippen LogP contribution in [0.25, 0.3) is 0 Å². The fraction of sp³-hybridized carbons (Fsp3) is 0.350. The maximum atomic E-state index is 12.3. The number of hydrogen-bond acceptors (Lipinski definition) is 2. The Kier molecular flexibility index (Phi) is 6.68. The molecule has 0 bridgehead atoms. The Balaban J connectivity index is 1.96. The van der Waals surface area contributed by atoms with Crippen molar-refractivity contribution in [3.63, 3.8) is 0 Å². The Morgan fingerprint density at radius 1 is 1.08 bits per heavy atom. The van der Waals surface area contributed by atoms with Crippen molar-refractivity contribution in [3.8, 4) is 5.75 Å². The van der Waals surface area contributed by atoms with Gasteiger partial charge in [0.25, 0.3) is 0 Å². The number of carbonyl (C=O) groups is 1. The van der Waals surface area contributed by atoms with E-state index in [4.69, 9.17) is 16.3 Å². The van der Waals surface area contributed by atoms with Crippen molar-refractivity contribution >= 4 is 17.5 Å². The van der Waals surface area contributed by atoms with Crippen LogP contribution in [0.2, 0.25) is 5.02 Å². The molecule has 0 aliphatic heterocycles. The summed E-state index contributed by atoms with van der Waals surface area (Å²) >= 11 is 5.88. The number of hydrogen-bond donors (Lipinski definition) is 1. The van der Waals surface area contributed by atoms with Gasteiger partial charge in [0.2, 0.25) is 5.91 Å². The largest absolute Gasteiger partial charge is 0.497 e. The number of ether oxygens (including phenoxy) is 1. The molecule has 2 aromatic carbocycles. The van der Waals surface area contributed by atoms with Crippen LogP contribution in [-0.4, -0.2) is 13.0 Å². The predicted molar refractivity (Wildman–Crippen MR) is 98.5 cm³/mol. The average molecular weight is 346 g/mol. The van der Waals surface area contributed by atoms with Gasteiger partial charge in [0, 0.05) is 11.4 Å². The van der Waals surface area contributed by atoms with Crippen LogP contribution < -0.4 is 10.1 Å². The van der Waals surface area contributed by atoms with E-state index in [1.165, 1.54) is 0 Å². The van der Waals surface area contributed by atoms with Crippen LogP contribution in [0.1, 0.15) is 37.4 Å². The van der Waals surface area contributed by atoms with Crippen molar-refractivity contribution < 1.29 is 9.53 Å². The summed E-state index contributed by atoms with van der Waals surface area (Å²) < 4.78 is 5.19. The molecule has 24 heavy (non-hydrogen) atoms. The molecule has 0 heterocycles. The molecule has 1 atom stereocenters. The van der Waals surface area contributed by atoms with Crippen LogP contribution in [0.3, 0.4) is 0 Å². The summed E-state index contributed by atoms with van der Waals surface area (Å²) in [7, 11) is 1.65. The molecule has 4 heteroatoms. The van der Waals surface area contributed by atoms with Crippen LogP contribution in [0.15, 0.2) is 48.5 Å². The monoisotopic (exact) mass is 345 g/mol. The van der Waals surface area contributed by atoms with E-state index in [-0.39, 0.29) is 11.9 Å². The molecule has 0 saturated heterocycles. The van der Waals surface area contributed by atoms with Gasteiger partial charge in [0.05, 0.1) is 13.2 Å². The molecule has 0 aromatic heterocycles. The first kappa shape index (κ1) is 18.3. The fourth-order valence-corrected chi connectivity index (χ4v) is 2.73. The maximum Gasteiger partial charge on any atom is 0.220 e. The molecule has 0 aliphatic carbocycles. The summed E-state index contributed by atoms with van der Waals surface area (Å²) in [6, 6.07) is 15.5. The molecule has 128 valence electrons. The predicted octanol–water partition coefficient (Wildman–Crippen LogP) is 4.79. The van der Waals surface area contributed by atoms with E-state index < -0.39 is 0 Å². The second-order valence-corrected chi connectivity index (χ2v) is 6.63. The second kappa shape index (κ2) is 8.74. The molecular formula is C20H24ClNO2. The number of benzene rings is 2. The Labute approximate surface area is 149 Å². The van der Waals surface area contributed by atoms with Crippen LogP contribution >= 0.6 is 11.6 Å². The lowest BCUT2D eigenvalue weighted by atomic mass is 9.95. The Morgan fingerprint density at radius 2 is 1.71 bits per heavy atom. The third-order valence-corrected chi connectivity index (χ3v) is 4.26. The van der Waals surface area contributed by atoms with Gasteiger partial charge >= 0.3 is 0 Å². The van der Waals surface area contributed by atoms with Gasteiger partial charge in [-0.15, -0.1) is 0 Å². The lowest BCUT2D eigenvalue weighted by Crippen LogP contribution is -2.31. The second-order valence-electron chi connectivity index (χ2n) is 6.19. The number of methoxy groups -OCH3 is 1. The SMILES string of the molecule is COc1ccc(C(NC(=O)CCc2ccc(Cl)cc2)C(C)C)cc1. The van der Waals surface area contributed by atoms with Gasteiger partial charge in [-0.25, -0.2) is 0 Å². The fourth-order valence-electron chi connectivity index (χ4n) is 2.60. The number of aryl methyl sites for hydroxylation is 1. The van der Waals surface area contributed by atoms with E-state index in [1.54, 1.807) is 7.11 Å². The highest BCUT2D eigenvalue weighted by Crippen LogP contribution is 2.24. The number of amides is 1. The first-order valence-electron chi connectivity index (χ1n) is 8.17. The molecule has 3 nitrogen and oxygen atoms in total. The molecular weight excluding hydrogens is 322 g/mol. The Bertz CT molecular complexity index is 650. The smallest absolute Gasteiger partial charge is 0.220 e. The highest BCUT2D eigenvalue weighted by atomic mass is 35.5. The van der Waals surface area contributed by atoms with E-state index in [1.807, 2.05) is 48.5 Å². The summed E-state index contributed by atoms with van der Waals surface area (Å²) in [5.74, 6) is 1.17. The van der Waals surface area contributed by atoms with Crippen LogP contribution in [0.5, 0.6) is 5.75 Å². The zero-order valence-corrected chi connectivity index (χ0v) is 15.1.